The van der Waals surface area contributed by atoms with Gasteiger partial charge >= 0.3 is 5.97 Å². The van der Waals surface area contributed by atoms with Crippen molar-refractivity contribution >= 4 is 17.7 Å². The number of anilines is 1. The molecule has 2 heterocycles. The van der Waals surface area contributed by atoms with E-state index in [-0.39, 0.29) is 24.0 Å². The highest BCUT2D eigenvalue weighted by Crippen LogP contribution is 2.14. The number of piperidine rings is 1. The van der Waals surface area contributed by atoms with Gasteiger partial charge in [-0.05, 0) is 26.2 Å². The molecule has 0 atom stereocenters. The fourth-order valence-electron chi connectivity index (χ4n) is 2.44. The number of hydrogen-bond acceptors (Lipinski definition) is 5. The summed E-state index contributed by atoms with van der Waals surface area (Å²) in [7, 11) is 0. The number of aryl methyl sites for hydroxylation is 1. The van der Waals surface area contributed by atoms with E-state index in [1.54, 1.807) is 11.5 Å². The van der Waals surface area contributed by atoms with Crippen molar-refractivity contribution in [1.29, 1.82) is 0 Å². The predicted octanol–water partition coefficient (Wildman–Crippen LogP) is 1.04. The molecule has 1 fully saturated rings. The summed E-state index contributed by atoms with van der Waals surface area (Å²) in [6.45, 7) is 4.10. The third-order valence-electron chi connectivity index (χ3n) is 3.62. The Balaban J connectivity index is 1.91. The molecule has 1 aromatic heterocycles. The van der Waals surface area contributed by atoms with Crippen molar-refractivity contribution in [2.45, 2.75) is 39.2 Å². The first kappa shape index (κ1) is 15.3. The van der Waals surface area contributed by atoms with Crippen LogP contribution in [0.2, 0.25) is 0 Å². The molecule has 116 valence electrons. The van der Waals surface area contributed by atoms with E-state index in [2.05, 4.69) is 4.98 Å². The summed E-state index contributed by atoms with van der Waals surface area (Å²) in [5, 5.41) is 0. The maximum atomic E-state index is 12.1. The van der Waals surface area contributed by atoms with Gasteiger partial charge in [0, 0.05) is 26.1 Å². The molecule has 7 heteroatoms. The number of nitrogen functional groups attached to an aromatic ring is 1. The minimum atomic E-state index is -0.531. The van der Waals surface area contributed by atoms with Crippen molar-refractivity contribution < 1.29 is 14.3 Å². The van der Waals surface area contributed by atoms with Crippen LogP contribution in [0.3, 0.4) is 0 Å². The fraction of sp³-hybridized carbons (Fsp3) is 0.643. The minimum absolute atomic E-state index is 0.113. The molecule has 0 unspecified atom stereocenters. The van der Waals surface area contributed by atoms with Crippen LogP contribution >= 0.6 is 0 Å². The Morgan fingerprint density at radius 1 is 1.33 bits per heavy atom. The number of likely N-dealkylation sites (tertiary alicyclic amines) is 1. The molecular weight excluding hydrogens is 272 g/mol. The van der Waals surface area contributed by atoms with E-state index in [0.29, 0.717) is 13.0 Å². The van der Waals surface area contributed by atoms with Gasteiger partial charge in [-0.3, -0.25) is 4.79 Å². The highest BCUT2D eigenvalue weighted by atomic mass is 16.5. The fourth-order valence-corrected chi connectivity index (χ4v) is 2.44. The molecule has 2 rings (SSSR count). The predicted molar refractivity (Wildman–Crippen MR) is 77.6 cm³/mol. The van der Waals surface area contributed by atoms with Crippen molar-refractivity contribution in [1.82, 2.24) is 14.5 Å². The Labute approximate surface area is 124 Å². The second kappa shape index (κ2) is 7.10. The van der Waals surface area contributed by atoms with Crippen molar-refractivity contribution in [2.75, 3.05) is 25.4 Å². The molecule has 2 N–H and O–H groups in total. The maximum Gasteiger partial charge on any atom is 0.360 e. The number of esters is 1. The monoisotopic (exact) mass is 294 g/mol. The molecule has 0 aromatic carbocycles. The number of aromatic nitrogens is 2. The molecule has 1 aliphatic rings. The molecule has 0 spiro atoms. The van der Waals surface area contributed by atoms with Crippen LogP contribution in [0, 0.1) is 0 Å². The molecular formula is C14H22N4O3. The molecule has 0 saturated carbocycles. The van der Waals surface area contributed by atoms with E-state index in [1.807, 2.05) is 4.90 Å². The summed E-state index contributed by atoms with van der Waals surface area (Å²) < 4.78 is 6.49. The van der Waals surface area contributed by atoms with E-state index in [1.165, 1.54) is 12.7 Å². The van der Waals surface area contributed by atoms with Crippen molar-refractivity contribution in [3.05, 3.63) is 12.0 Å². The number of imidazole rings is 1. The van der Waals surface area contributed by atoms with Gasteiger partial charge in [-0.1, -0.05) is 0 Å². The van der Waals surface area contributed by atoms with E-state index < -0.39 is 5.97 Å². The van der Waals surface area contributed by atoms with Crippen molar-refractivity contribution in [3.63, 3.8) is 0 Å². The Hall–Kier alpha value is -2.05. The molecule has 7 nitrogen and oxygen atoms in total. The Morgan fingerprint density at radius 2 is 2.05 bits per heavy atom. The summed E-state index contributed by atoms with van der Waals surface area (Å²) >= 11 is 0. The van der Waals surface area contributed by atoms with Crippen LogP contribution in [0.15, 0.2) is 6.33 Å². The number of hydrogen-bond donors (Lipinski definition) is 1. The highest BCUT2D eigenvalue weighted by Gasteiger charge is 2.19. The Bertz CT molecular complexity index is 506. The van der Waals surface area contributed by atoms with E-state index in [9.17, 15) is 9.59 Å². The van der Waals surface area contributed by atoms with Gasteiger partial charge in [0.1, 0.15) is 5.82 Å². The topological polar surface area (TPSA) is 90.4 Å². The summed E-state index contributed by atoms with van der Waals surface area (Å²) in [5.74, 6) is -0.156. The van der Waals surface area contributed by atoms with E-state index >= 15 is 0 Å². The molecule has 0 aliphatic carbocycles. The molecule has 1 saturated heterocycles. The quantitative estimate of drug-likeness (QED) is 0.820. The van der Waals surface area contributed by atoms with Gasteiger partial charge < -0.3 is 19.9 Å². The standard InChI is InChI=1S/C14H22N4O3/c1-2-21-14(20)12-13(15)18(10-16-12)9-6-11(19)17-7-4-3-5-8-17/h10H,2-9,15H2,1H3. The van der Waals surface area contributed by atoms with Crippen molar-refractivity contribution in [2.24, 2.45) is 0 Å². The number of ether oxygens (including phenoxy) is 1. The minimum Gasteiger partial charge on any atom is -0.461 e. The lowest BCUT2D eigenvalue weighted by Gasteiger charge is -2.26. The normalized spacial score (nSPS) is 15.0. The van der Waals surface area contributed by atoms with Gasteiger partial charge in [-0.25, -0.2) is 9.78 Å². The molecule has 0 radical (unpaired) electrons. The molecule has 1 aliphatic heterocycles. The number of nitrogens with zero attached hydrogens (tertiary/aromatic N) is 3. The summed E-state index contributed by atoms with van der Waals surface area (Å²) in [4.78, 5) is 29.6. The van der Waals surface area contributed by atoms with Crippen LogP contribution in [-0.4, -0.2) is 46.0 Å². The van der Waals surface area contributed by atoms with Gasteiger partial charge in [0.05, 0.1) is 12.9 Å². The van der Waals surface area contributed by atoms with E-state index in [4.69, 9.17) is 10.5 Å². The van der Waals surface area contributed by atoms with Crippen molar-refractivity contribution in [3.8, 4) is 0 Å². The number of carbonyl (C=O) groups is 2. The average Bonchev–Trinajstić information content (AvgIpc) is 2.87. The summed E-state index contributed by atoms with van der Waals surface area (Å²) in [5.41, 5.74) is 5.99. The zero-order valence-corrected chi connectivity index (χ0v) is 12.4. The molecule has 1 amide bonds. The lowest BCUT2D eigenvalue weighted by Crippen LogP contribution is -2.36. The van der Waals surface area contributed by atoms with Gasteiger partial charge in [-0.15, -0.1) is 0 Å². The Morgan fingerprint density at radius 3 is 2.71 bits per heavy atom. The highest BCUT2D eigenvalue weighted by molar-refractivity contribution is 5.92. The first-order valence-corrected chi connectivity index (χ1v) is 7.39. The van der Waals surface area contributed by atoms with Crippen LogP contribution in [0.5, 0.6) is 0 Å². The van der Waals surface area contributed by atoms with Crippen LogP contribution < -0.4 is 5.73 Å². The Kier molecular flexibility index (Phi) is 5.19. The first-order chi connectivity index (χ1) is 10.1. The summed E-state index contributed by atoms with van der Waals surface area (Å²) in [6, 6.07) is 0. The third-order valence-corrected chi connectivity index (χ3v) is 3.62. The van der Waals surface area contributed by atoms with E-state index in [0.717, 1.165) is 25.9 Å². The van der Waals surface area contributed by atoms with Gasteiger partial charge in [0.2, 0.25) is 5.91 Å². The SMILES string of the molecule is CCOC(=O)c1ncn(CCC(=O)N2CCCCC2)c1N. The second-order valence-electron chi connectivity index (χ2n) is 5.08. The van der Waals surface area contributed by atoms with Gasteiger partial charge in [0.15, 0.2) is 5.69 Å². The number of amides is 1. The molecule has 1 aromatic rings. The smallest absolute Gasteiger partial charge is 0.360 e. The number of nitrogens with two attached hydrogens (primary N) is 1. The first-order valence-electron chi connectivity index (χ1n) is 7.39. The van der Waals surface area contributed by atoms with Gasteiger partial charge in [0.25, 0.3) is 0 Å². The maximum absolute atomic E-state index is 12.1. The zero-order chi connectivity index (χ0) is 15.2. The largest absolute Gasteiger partial charge is 0.461 e. The third kappa shape index (κ3) is 3.74. The van der Waals surface area contributed by atoms with Gasteiger partial charge in [-0.2, -0.15) is 0 Å². The number of carbonyl (C=O) groups excluding carboxylic acids is 2. The zero-order valence-electron chi connectivity index (χ0n) is 12.4. The molecule has 0 bridgehead atoms. The lowest BCUT2D eigenvalue weighted by atomic mass is 10.1. The van der Waals surface area contributed by atoms with Crippen LogP contribution in [0.1, 0.15) is 43.1 Å². The van der Waals surface area contributed by atoms with Crippen LogP contribution in [0.4, 0.5) is 5.82 Å². The molecule has 21 heavy (non-hydrogen) atoms. The average molecular weight is 294 g/mol. The second-order valence-corrected chi connectivity index (χ2v) is 5.08. The van der Waals surface area contributed by atoms with Crippen LogP contribution in [0.25, 0.3) is 0 Å². The lowest BCUT2D eigenvalue weighted by molar-refractivity contribution is -0.132. The summed E-state index contributed by atoms with van der Waals surface area (Å²) in [6.07, 6.45) is 5.19. The number of rotatable bonds is 5. The van der Waals surface area contributed by atoms with Crippen LogP contribution in [-0.2, 0) is 16.1 Å².